The van der Waals surface area contributed by atoms with Gasteiger partial charge in [0.15, 0.2) is 5.69 Å². The fraction of sp³-hybridized carbons (Fsp3) is 0.105. The van der Waals surface area contributed by atoms with Crippen LogP contribution in [0.4, 0.5) is 0 Å². The van der Waals surface area contributed by atoms with Crippen molar-refractivity contribution < 1.29 is 9.90 Å². The number of aliphatic hydroxyl groups is 1. The highest BCUT2D eigenvalue weighted by atomic mass is 35.5. The van der Waals surface area contributed by atoms with Crippen LogP contribution in [0.15, 0.2) is 52.4 Å². The van der Waals surface area contributed by atoms with Crippen molar-refractivity contribution >= 4 is 45.9 Å². The maximum atomic E-state index is 12.6. The number of carbonyl (C=O) groups is 1. The van der Waals surface area contributed by atoms with E-state index in [0.29, 0.717) is 26.6 Å². The summed E-state index contributed by atoms with van der Waals surface area (Å²) in [7, 11) is 0. The molecular weight excluding hydrogens is 417 g/mol. The number of fused-ring (bicyclic) bond motifs is 1. The second-order valence-electron chi connectivity index (χ2n) is 5.90. The minimum atomic E-state index is -1.40. The number of carbonyl (C=O) groups excluding carboxylic acids is 1. The van der Waals surface area contributed by atoms with Crippen molar-refractivity contribution in [2.24, 2.45) is 5.10 Å². The summed E-state index contributed by atoms with van der Waals surface area (Å²) < 4.78 is 0. The molecule has 2 aromatic carbocycles. The molecule has 1 amide bonds. The van der Waals surface area contributed by atoms with Crippen molar-refractivity contribution in [2.45, 2.75) is 12.5 Å². The highest BCUT2D eigenvalue weighted by molar-refractivity contribution is 6.31. The van der Waals surface area contributed by atoms with Gasteiger partial charge in [0.05, 0.1) is 17.1 Å². The Hall–Kier alpha value is -3.25. The molecule has 3 rings (SSSR count). The lowest BCUT2D eigenvalue weighted by atomic mass is 10.0. The van der Waals surface area contributed by atoms with Crippen molar-refractivity contribution in [3.8, 4) is 6.07 Å². The summed E-state index contributed by atoms with van der Waals surface area (Å²) in [5.74, 6) is -0.697. The predicted molar refractivity (Wildman–Crippen MR) is 109 cm³/mol. The molecule has 1 heterocycles. The van der Waals surface area contributed by atoms with Crippen LogP contribution in [0.5, 0.6) is 0 Å². The van der Waals surface area contributed by atoms with Gasteiger partial charge >= 0.3 is 0 Å². The number of aromatic amines is 1. The van der Waals surface area contributed by atoms with Crippen LogP contribution < -0.4 is 11.0 Å². The number of amides is 1. The van der Waals surface area contributed by atoms with Gasteiger partial charge in [-0.15, -0.1) is 0 Å². The molecule has 10 heteroatoms. The Labute approximate surface area is 174 Å². The van der Waals surface area contributed by atoms with E-state index in [-0.39, 0.29) is 11.4 Å². The molecule has 0 bridgehead atoms. The molecule has 0 saturated carbocycles. The summed E-state index contributed by atoms with van der Waals surface area (Å²) in [6.07, 6.45) is -1.83. The number of hydrazone groups is 1. The van der Waals surface area contributed by atoms with Crippen LogP contribution in [0, 0.1) is 11.3 Å². The van der Waals surface area contributed by atoms with E-state index in [4.69, 9.17) is 28.5 Å². The molecule has 0 unspecified atom stereocenters. The largest absolute Gasteiger partial charge is 0.382 e. The molecule has 0 aliphatic heterocycles. The zero-order valence-electron chi connectivity index (χ0n) is 14.7. The Morgan fingerprint density at radius 3 is 2.62 bits per heavy atom. The smallest absolute Gasteiger partial charge is 0.276 e. The SMILES string of the molecule is N#CCC(=O)N/N=C(\c1nc2ccc(Cl)cc2[nH]c1=O)[C@@H](O)c1ccc(Cl)cc1. The molecule has 0 fully saturated rings. The number of aromatic nitrogens is 2. The van der Waals surface area contributed by atoms with Gasteiger partial charge in [0.1, 0.15) is 18.2 Å². The Balaban J connectivity index is 2.11. The van der Waals surface area contributed by atoms with E-state index in [1.165, 1.54) is 6.07 Å². The molecule has 0 radical (unpaired) electrons. The van der Waals surface area contributed by atoms with Gasteiger partial charge in [-0.05, 0) is 35.9 Å². The third-order valence-corrected chi connectivity index (χ3v) is 4.37. The van der Waals surface area contributed by atoms with E-state index < -0.39 is 24.0 Å². The molecule has 0 spiro atoms. The molecule has 3 aromatic rings. The monoisotopic (exact) mass is 429 g/mol. The average Bonchev–Trinajstić information content (AvgIpc) is 2.69. The molecule has 0 aliphatic carbocycles. The lowest BCUT2D eigenvalue weighted by Gasteiger charge is -2.14. The van der Waals surface area contributed by atoms with Crippen LogP contribution in [-0.2, 0) is 4.79 Å². The molecule has 8 nitrogen and oxygen atoms in total. The Bertz CT molecular complexity index is 1200. The summed E-state index contributed by atoms with van der Waals surface area (Å²) >= 11 is 11.8. The molecule has 1 aromatic heterocycles. The highest BCUT2D eigenvalue weighted by Gasteiger charge is 2.23. The Kier molecular flexibility index (Phi) is 6.24. The standard InChI is InChI=1S/C19H13Cl2N5O3/c20-11-3-1-10(2-4-11)18(28)16(26-25-15(27)7-8-22)17-19(29)24-14-9-12(21)5-6-13(14)23-17/h1-6,9,18,28H,7H2,(H,24,29)(H,25,27)/b26-16+/t18-/m0/s1. The second kappa shape index (κ2) is 8.84. The molecule has 0 saturated heterocycles. The lowest BCUT2D eigenvalue weighted by molar-refractivity contribution is -0.120. The number of hydrogen-bond donors (Lipinski definition) is 3. The molecule has 146 valence electrons. The molecule has 1 atom stereocenters. The summed E-state index contributed by atoms with van der Waals surface area (Å²) in [5.41, 5.74) is 2.31. The molecule has 29 heavy (non-hydrogen) atoms. The van der Waals surface area contributed by atoms with Crippen LogP contribution >= 0.6 is 23.2 Å². The highest BCUT2D eigenvalue weighted by Crippen LogP contribution is 2.21. The minimum absolute atomic E-state index is 0.195. The van der Waals surface area contributed by atoms with Crippen LogP contribution in [0.2, 0.25) is 10.0 Å². The first-order chi connectivity index (χ1) is 13.9. The number of rotatable bonds is 5. The lowest BCUT2D eigenvalue weighted by Crippen LogP contribution is -2.29. The minimum Gasteiger partial charge on any atom is -0.382 e. The number of nitrogens with zero attached hydrogens (tertiary/aromatic N) is 3. The summed E-state index contributed by atoms with van der Waals surface area (Å²) in [6, 6.07) is 12.6. The van der Waals surface area contributed by atoms with Crippen molar-refractivity contribution in [1.82, 2.24) is 15.4 Å². The van der Waals surface area contributed by atoms with Crippen LogP contribution in [-0.4, -0.2) is 26.7 Å². The van der Waals surface area contributed by atoms with E-state index >= 15 is 0 Å². The third-order valence-electron chi connectivity index (χ3n) is 3.88. The summed E-state index contributed by atoms with van der Waals surface area (Å²) in [6.45, 7) is 0. The van der Waals surface area contributed by atoms with Gasteiger partial charge in [-0.25, -0.2) is 10.4 Å². The van der Waals surface area contributed by atoms with Gasteiger partial charge in [-0.2, -0.15) is 10.4 Å². The quantitative estimate of drug-likeness (QED) is 0.423. The van der Waals surface area contributed by atoms with Crippen molar-refractivity contribution in [3.63, 3.8) is 0 Å². The normalized spacial score (nSPS) is 12.4. The average molecular weight is 430 g/mol. The fourth-order valence-electron chi connectivity index (χ4n) is 2.51. The van der Waals surface area contributed by atoms with Gasteiger partial charge in [0, 0.05) is 10.0 Å². The number of halogens is 2. The number of nitriles is 1. The summed E-state index contributed by atoms with van der Waals surface area (Å²) in [4.78, 5) is 31.2. The van der Waals surface area contributed by atoms with Gasteiger partial charge in [-0.3, -0.25) is 9.59 Å². The number of nitrogens with one attached hydrogen (secondary N) is 2. The van der Waals surface area contributed by atoms with Gasteiger partial charge in [-0.1, -0.05) is 35.3 Å². The van der Waals surface area contributed by atoms with Crippen LogP contribution in [0.25, 0.3) is 11.0 Å². The second-order valence-corrected chi connectivity index (χ2v) is 6.77. The van der Waals surface area contributed by atoms with E-state index in [0.717, 1.165) is 0 Å². The molecule has 0 aliphatic rings. The Morgan fingerprint density at radius 1 is 1.24 bits per heavy atom. The number of H-pyrrole nitrogens is 1. The van der Waals surface area contributed by atoms with Crippen LogP contribution in [0.1, 0.15) is 23.8 Å². The van der Waals surface area contributed by atoms with E-state index in [1.54, 1.807) is 42.5 Å². The number of hydrogen-bond acceptors (Lipinski definition) is 6. The van der Waals surface area contributed by atoms with Crippen molar-refractivity contribution in [1.29, 1.82) is 5.26 Å². The number of aliphatic hydroxyl groups excluding tert-OH is 1. The number of benzene rings is 2. The van der Waals surface area contributed by atoms with Crippen LogP contribution in [0.3, 0.4) is 0 Å². The summed E-state index contributed by atoms with van der Waals surface area (Å²) in [5, 5.41) is 24.2. The molecule has 3 N–H and O–H groups in total. The first-order valence-electron chi connectivity index (χ1n) is 8.26. The topological polar surface area (TPSA) is 131 Å². The zero-order valence-corrected chi connectivity index (χ0v) is 16.2. The van der Waals surface area contributed by atoms with Crippen molar-refractivity contribution in [2.75, 3.05) is 0 Å². The maximum absolute atomic E-state index is 12.6. The first kappa shape index (κ1) is 20.5. The van der Waals surface area contributed by atoms with E-state index in [1.807, 2.05) is 0 Å². The molecular formula is C19H13Cl2N5O3. The first-order valence-corrected chi connectivity index (χ1v) is 9.01. The predicted octanol–water partition coefficient (Wildman–Crippen LogP) is 2.70. The van der Waals surface area contributed by atoms with E-state index in [9.17, 15) is 14.7 Å². The maximum Gasteiger partial charge on any atom is 0.276 e. The van der Waals surface area contributed by atoms with Gasteiger partial charge < -0.3 is 10.1 Å². The third kappa shape index (κ3) is 4.78. The van der Waals surface area contributed by atoms with Gasteiger partial charge in [0.25, 0.3) is 11.5 Å². The van der Waals surface area contributed by atoms with E-state index in [2.05, 4.69) is 20.5 Å². The fourth-order valence-corrected chi connectivity index (χ4v) is 2.81. The zero-order chi connectivity index (χ0) is 21.0. The van der Waals surface area contributed by atoms with Gasteiger partial charge in [0.2, 0.25) is 0 Å². The van der Waals surface area contributed by atoms with Crippen molar-refractivity contribution in [3.05, 3.63) is 74.1 Å². The Morgan fingerprint density at radius 2 is 1.93 bits per heavy atom.